The molecule has 0 aromatic rings. The van der Waals surface area contributed by atoms with Crippen molar-refractivity contribution in [3.05, 3.63) is 6.42 Å². The molecule has 0 unspecified atom stereocenters. The fourth-order valence-electron chi connectivity index (χ4n) is 0.517. The highest BCUT2D eigenvalue weighted by Crippen LogP contribution is 2.11. The molecule has 1 heterocycles. The van der Waals surface area contributed by atoms with Crippen molar-refractivity contribution in [1.29, 1.82) is 0 Å². The van der Waals surface area contributed by atoms with E-state index in [-0.39, 0.29) is 0 Å². The van der Waals surface area contributed by atoms with E-state index in [1.165, 1.54) is 6.42 Å². The summed E-state index contributed by atoms with van der Waals surface area (Å²) in [4.78, 5) is 0. The first-order valence-electron chi connectivity index (χ1n) is 2.34. The molecule has 1 heteroatoms. The van der Waals surface area contributed by atoms with Gasteiger partial charge in [0, 0.05) is 6.61 Å². The topological polar surface area (TPSA) is 9.23 Å². The number of hydrogen-bond acceptors (Lipinski definition) is 1. The molecule has 1 aliphatic rings. The maximum Gasteiger partial charge on any atom is 0.0626 e. The second-order valence-electron chi connectivity index (χ2n) is 1.53. The largest absolute Gasteiger partial charge is 0.378 e. The molecule has 0 N–H and O–H groups in total. The van der Waals surface area contributed by atoms with Crippen LogP contribution in [0.2, 0.25) is 0 Å². The second-order valence-corrected chi connectivity index (χ2v) is 1.53. The van der Waals surface area contributed by atoms with Crippen molar-refractivity contribution in [3.63, 3.8) is 0 Å². The summed E-state index contributed by atoms with van der Waals surface area (Å²) in [6, 6.07) is 0. The number of hydrogen-bond donors (Lipinski definition) is 0. The standard InChI is InChI=1S/C5H9O/c1-2-5-3-4-6-5/h2,5H,3-4H2,1H3/t5-/m0/s1. The minimum absolute atomic E-state index is 0.491. The van der Waals surface area contributed by atoms with Gasteiger partial charge in [-0.2, -0.15) is 0 Å². The van der Waals surface area contributed by atoms with E-state index in [1.54, 1.807) is 0 Å². The van der Waals surface area contributed by atoms with Crippen molar-refractivity contribution in [1.82, 2.24) is 0 Å². The molecule has 1 nitrogen and oxygen atoms in total. The van der Waals surface area contributed by atoms with Crippen molar-refractivity contribution in [2.75, 3.05) is 6.61 Å². The summed E-state index contributed by atoms with van der Waals surface area (Å²) in [5.74, 6) is 0. The van der Waals surface area contributed by atoms with Gasteiger partial charge in [0.05, 0.1) is 6.10 Å². The third kappa shape index (κ3) is 0.548. The average molecular weight is 85.1 g/mol. The molecule has 0 bridgehead atoms. The Bertz CT molecular complexity index is 36.4. The van der Waals surface area contributed by atoms with Gasteiger partial charge in [0.2, 0.25) is 0 Å². The van der Waals surface area contributed by atoms with Gasteiger partial charge in [-0.05, 0) is 12.8 Å². The van der Waals surface area contributed by atoms with Gasteiger partial charge in [0.25, 0.3) is 0 Å². The molecule has 0 saturated carbocycles. The lowest BCUT2D eigenvalue weighted by Crippen LogP contribution is -2.25. The highest BCUT2D eigenvalue weighted by molar-refractivity contribution is 4.77. The van der Waals surface area contributed by atoms with E-state index >= 15 is 0 Å². The Hall–Kier alpha value is -0.0400. The summed E-state index contributed by atoms with van der Waals surface area (Å²) in [6.45, 7) is 3.00. The molecule has 0 aromatic heterocycles. The van der Waals surface area contributed by atoms with Crippen LogP contribution in [0.1, 0.15) is 13.3 Å². The van der Waals surface area contributed by atoms with Gasteiger partial charge in [-0.25, -0.2) is 0 Å². The minimum Gasteiger partial charge on any atom is -0.378 e. The second kappa shape index (κ2) is 1.61. The van der Waals surface area contributed by atoms with Crippen LogP contribution in [0, 0.1) is 6.42 Å². The zero-order chi connectivity index (χ0) is 4.41. The molecule has 6 heavy (non-hydrogen) atoms. The van der Waals surface area contributed by atoms with Crippen molar-refractivity contribution in [2.45, 2.75) is 19.4 Å². The van der Waals surface area contributed by atoms with Crippen LogP contribution < -0.4 is 0 Å². The lowest BCUT2D eigenvalue weighted by molar-refractivity contribution is -0.0284. The lowest BCUT2D eigenvalue weighted by Gasteiger charge is -2.24. The van der Waals surface area contributed by atoms with Crippen LogP contribution in [0.15, 0.2) is 0 Å². The minimum atomic E-state index is 0.491. The molecule has 1 atom stereocenters. The van der Waals surface area contributed by atoms with E-state index in [4.69, 9.17) is 4.74 Å². The normalized spacial score (nSPS) is 32.5. The average Bonchev–Trinajstić information content (AvgIpc) is 1.31. The lowest BCUT2D eigenvalue weighted by atomic mass is 10.1. The van der Waals surface area contributed by atoms with Gasteiger partial charge in [-0.1, -0.05) is 6.92 Å². The van der Waals surface area contributed by atoms with E-state index in [2.05, 4.69) is 6.42 Å². The molecule has 1 rings (SSSR count). The summed E-state index contributed by atoms with van der Waals surface area (Å²) >= 11 is 0. The summed E-state index contributed by atoms with van der Waals surface area (Å²) in [7, 11) is 0. The van der Waals surface area contributed by atoms with Gasteiger partial charge in [-0.15, -0.1) is 0 Å². The highest BCUT2D eigenvalue weighted by Gasteiger charge is 2.14. The van der Waals surface area contributed by atoms with Crippen LogP contribution in [0.3, 0.4) is 0 Å². The molecule has 0 aliphatic carbocycles. The first kappa shape index (κ1) is 4.13. The smallest absolute Gasteiger partial charge is 0.0626 e. The Morgan fingerprint density at radius 1 is 1.83 bits per heavy atom. The van der Waals surface area contributed by atoms with Crippen molar-refractivity contribution < 1.29 is 4.74 Å². The predicted molar refractivity (Wildman–Crippen MR) is 24.3 cm³/mol. The van der Waals surface area contributed by atoms with Crippen LogP contribution in [0.25, 0.3) is 0 Å². The molecular formula is C5H9O. The quantitative estimate of drug-likeness (QED) is 0.461. The summed E-state index contributed by atoms with van der Waals surface area (Å²) < 4.78 is 5.02. The van der Waals surface area contributed by atoms with Crippen LogP contribution in [0.5, 0.6) is 0 Å². The maximum absolute atomic E-state index is 5.02. The van der Waals surface area contributed by atoms with Crippen LogP contribution in [0.4, 0.5) is 0 Å². The van der Waals surface area contributed by atoms with Gasteiger partial charge >= 0.3 is 0 Å². The Morgan fingerprint density at radius 2 is 2.50 bits per heavy atom. The van der Waals surface area contributed by atoms with Gasteiger partial charge in [-0.3, -0.25) is 0 Å². The van der Waals surface area contributed by atoms with Crippen molar-refractivity contribution in [2.24, 2.45) is 0 Å². The Balaban J connectivity index is 2.01. The molecule has 1 aliphatic heterocycles. The van der Waals surface area contributed by atoms with E-state index < -0.39 is 0 Å². The monoisotopic (exact) mass is 85.1 g/mol. The molecule has 1 radical (unpaired) electrons. The first-order chi connectivity index (χ1) is 2.93. The third-order valence-corrected chi connectivity index (χ3v) is 1.11. The molecule has 1 saturated heterocycles. The van der Waals surface area contributed by atoms with Gasteiger partial charge in [0.15, 0.2) is 0 Å². The molecule has 1 fully saturated rings. The summed E-state index contributed by atoms with van der Waals surface area (Å²) in [6.07, 6.45) is 3.81. The Labute approximate surface area is 38.3 Å². The molecule has 0 spiro atoms. The van der Waals surface area contributed by atoms with Crippen LogP contribution in [-0.2, 0) is 4.74 Å². The maximum atomic E-state index is 5.02. The first-order valence-corrected chi connectivity index (χ1v) is 2.34. The number of ether oxygens (including phenoxy) is 1. The van der Waals surface area contributed by atoms with E-state index in [9.17, 15) is 0 Å². The SMILES string of the molecule is C[CH][C@H]1CCO1. The van der Waals surface area contributed by atoms with E-state index in [0.29, 0.717) is 6.10 Å². The number of rotatable bonds is 1. The van der Waals surface area contributed by atoms with E-state index in [1.807, 2.05) is 6.92 Å². The zero-order valence-corrected chi connectivity index (χ0v) is 3.98. The fraction of sp³-hybridized carbons (Fsp3) is 0.800. The van der Waals surface area contributed by atoms with Gasteiger partial charge < -0.3 is 4.74 Å². The summed E-state index contributed by atoms with van der Waals surface area (Å²) in [5.41, 5.74) is 0. The van der Waals surface area contributed by atoms with Crippen molar-refractivity contribution >= 4 is 0 Å². The Morgan fingerprint density at radius 3 is 2.50 bits per heavy atom. The van der Waals surface area contributed by atoms with Gasteiger partial charge in [0.1, 0.15) is 0 Å². The fourth-order valence-corrected chi connectivity index (χ4v) is 0.517. The predicted octanol–water partition coefficient (Wildman–Crippen LogP) is 0.999. The van der Waals surface area contributed by atoms with Crippen molar-refractivity contribution in [3.8, 4) is 0 Å². The molecule has 35 valence electrons. The highest BCUT2D eigenvalue weighted by atomic mass is 16.5. The molecular weight excluding hydrogens is 76.1 g/mol. The summed E-state index contributed by atoms with van der Waals surface area (Å²) in [5, 5.41) is 0. The van der Waals surface area contributed by atoms with Crippen LogP contribution in [-0.4, -0.2) is 12.7 Å². The van der Waals surface area contributed by atoms with Crippen LogP contribution >= 0.6 is 0 Å². The zero-order valence-electron chi connectivity index (χ0n) is 3.98. The van der Waals surface area contributed by atoms with E-state index in [0.717, 1.165) is 6.61 Å². The molecule has 0 amide bonds. The Kier molecular flexibility index (Phi) is 1.10. The molecule has 0 aromatic carbocycles. The third-order valence-electron chi connectivity index (χ3n) is 1.11.